The zero-order valence-electron chi connectivity index (χ0n) is 11.3. The van der Waals surface area contributed by atoms with Crippen molar-refractivity contribution < 1.29 is 13.2 Å². The van der Waals surface area contributed by atoms with Gasteiger partial charge in [0.1, 0.15) is 6.54 Å². The Balaban J connectivity index is 2.63. The van der Waals surface area contributed by atoms with Crippen LogP contribution in [0.15, 0.2) is 51.8 Å². The van der Waals surface area contributed by atoms with E-state index in [9.17, 15) is 13.2 Å². The van der Waals surface area contributed by atoms with Crippen LogP contribution >= 0.6 is 50.7 Å². The van der Waals surface area contributed by atoms with Gasteiger partial charge in [-0.05, 0) is 48.0 Å². The molecule has 0 unspecified atom stereocenters. The molecule has 2 aromatic rings. The third-order valence-electron chi connectivity index (χ3n) is 2.86. The summed E-state index contributed by atoms with van der Waals surface area (Å²) >= 11 is 20.8. The molecule has 0 fully saturated rings. The largest absolute Gasteiger partial charge is 0.279 e. The standard InChI is InChI=1S/C14H9BrCl3NO3S/c15-9-4-6-10(7-5-9)23(21,22)19(8-13(18)20)14-11(16)2-1-3-12(14)17/h1-7H,8H2. The van der Waals surface area contributed by atoms with Gasteiger partial charge in [-0.15, -0.1) is 0 Å². The lowest BCUT2D eigenvalue weighted by atomic mass is 10.3. The molecule has 23 heavy (non-hydrogen) atoms. The molecular weight excluding hydrogens is 448 g/mol. The molecule has 0 N–H and O–H groups in total. The summed E-state index contributed by atoms with van der Waals surface area (Å²) in [5.74, 6) is 0. The van der Waals surface area contributed by atoms with E-state index in [-0.39, 0.29) is 20.6 Å². The number of benzene rings is 2. The second-order valence-electron chi connectivity index (χ2n) is 4.39. The summed E-state index contributed by atoms with van der Waals surface area (Å²) in [5, 5.41) is -0.672. The summed E-state index contributed by atoms with van der Waals surface area (Å²) in [4.78, 5) is 11.3. The van der Waals surface area contributed by atoms with Gasteiger partial charge in [-0.1, -0.05) is 45.2 Å². The Morgan fingerprint density at radius 2 is 1.57 bits per heavy atom. The van der Waals surface area contributed by atoms with Crippen LogP contribution in [-0.4, -0.2) is 20.2 Å². The second kappa shape index (κ2) is 7.40. The Labute approximate surface area is 157 Å². The fourth-order valence-corrected chi connectivity index (χ4v) is 4.47. The third-order valence-corrected chi connectivity index (χ3v) is 5.87. The maximum Gasteiger partial charge on any atom is 0.264 e. The van der Waals surface area contributed by atoms with Crippen LogP contribution in [0.1, 0.15) is 0 Å². The van der Waals surface area contributed by atoms with Crippen molar-refractivity contribution in [2.75, 3.05) is 10.8 Å². The number of carbonyl (C=O) groups is 1. The van der Waals surface area contributed by atoms with Gasteiger partial charge < -0.3 is 0 Å². The van der Waals surface area contributed by atoms with Gasteiger partial charge in [0.25, 0.3) is 10.0 Å². The topological polar surface area (TPSA) is 54.5 Å². The van der Waals surface area contributed by atoms with Gasteiger partial charge in [-0.25, -0.2) is 8.42 Å². The summed E-state index contributed by atoms with van der Waals surface area (Å²) in [7, 11) is -4.07. The van der Waals surface area contributed by atoms with Gasteiger partial charge in [-0.2, -0.15) is 0 Å². The Morgan fingerprint density at radius 1 is 1.04 bits per heavy atom. The number of nitrogens with zero attached hydrogens (tertiary/aromatic N) is 1. The van der Waals surface area contributed by atoms with Crippen LogP contribution in [0.5, 0.6) is 0 Å². The van der Waals surface area contributed by atoms with Gasteiger partial charge in [0.15, 0.2) is 0 Å². The lowest BCUT2D eigenvalue weighted by Gasteiger charge is -2.24. The molecule has 0 aliphatic carbocycles. The van der Waals surface area contributed by atoms with E-state index in [4.69, 9.17) is 34.8 Å². The fraction of sp³-hybridized carbons (Fsp3) is 0.0714. The lowest BCUT2D eigenvalue weighted by molar-refractivity contribution is -0.110. The highest BCUT2D eigenvalue weighted by atomic mass is 79.9. The number of sulfonamides is 1. The molecule has 0 heterocycles. The summed E-state index contributed by atoms with van der Waals surface area (Å²) in [6.07, 6.45) is 0. The highest BCUT2D eigenvalue weighted by Gasteiger charge is 2.29. The predicted octanol–water partition coefficient (Wildman–Crippen LogP) is 4.72. The van der Waals surface area contributed by atoms with Crippen LogP contribution in [0.4, 0.5) is 5.69 Å². The van der Waals surface area contributed by atoms with Crippen LogP contribution in [0.3, 0.4) is 0 Å². The van der Waals surface area contributed by atoms with Crippen molar-refractivity contribution in [3.63, 3.8) is 0 Å². The summed E-state index contributed by atoms with van der Waals surface area (Å²) in [6, 6.07) is 10.5. The molecule has 0 amide bonds. The quantitative estimate of drug-likeness (QED) is 0.611. The Hall–Kier alpha value is -0.790. The maximum atomic E-state index is 12.9. The molecule has 0 saturated heterocycles. The predicted molar refractivity (Wildman–Crippen MR) is 96.0 cm³/mol. The minimum absolute atomic E-state index is 0.00718. The first-order valence-corrected chi connectivity index (χ1v) is 9.51. The van der Waals surface area contributed by atoms with Crippen LogP contribution < -0.4 is 4.31 Å². The third kappa shape index (κ3) is 4.19. The van der Waals surface area contributed by atoms with E-state index in [0.717, 1.165) is 4.31 Å². The van der Waals surface area contributed by atoms with Crippen LogP contribution in [0.25, 0.3) is 0 Å². The smallest absolute Gasteiger partial charge is 0.264 e. The minimum Gasteiger partial charge on any atom is -0.279 e. The van der Waals surface area contributed by atoms with E-state index in [0.29, 0.717) is 4.47 Å². The fourth-order valence-electron chi connectivity index (χ4n) is 1.86. The Morgan fingerprint density at radius 3 is 2.04 bits per heavy atom. The number of halogens is 4. The average molecular weight is 458 g/mol. The zero-order chi connectivity index (χ0) is 17.2. The number of para-hydroxylation sites is 1. The van der Waals surface area contributed by atoms with Crippen molar-refractivity contribution in [2.24, 2.45) is 0 Å². The van der Waals surface area contributed by atoms with Crippen molar-refractivity contribution in [1.82, 2.24) is 0 Å². The Bertz CT molecular complexity index is 821. The van der Waals surface area contributed by atoms with Crippen molar-refractivity contribution in [3.8, 4) is 0 Å². The molecule has 0 spiro atoms. The summed E-state index contributed by atoms with van der Waals surface area (Å²) in [5.41, 5.74) is 0.00718. The van der Waals surface area contributed by atoms with Gasteiger partial charge >= 0.3 is 0 Å². The van der Waals surface area contributed by atoms with E-state index in [1.807, 2.05) is 0 Å². The number of hydrogen-bond donors (Lipinski definition) is 0. The van der Waals surface area contributed by atoms with E-state index in [1.54, 1.807) is 18.2 Å². The molecule has 122 valence electrons. The Kier molecular flexibility index (Phi) is 5.97. The van der Waals surface area contributed by atoms with Crippen molar-refractivity contribution in [3.05, 3.63) is 57.0 Å². The van der Waals surface area contributed by atoms with Crippen molar-refractivity contribution in [1.29, 1.82) is 0 Å². The molecule has 0 bridgehead atoms. The first kappa shape index (κ1) is 18.5. The summed E-state index contributed by atoms with van der Waals surface area (Å²) < 4.78 is 27.2. The number of carbonyl (C=O) groups excluding carboxylic acids is 1. The minimum atomic E-state index is -4.07. The molecule has 0 aliphatic heterocycles. The van der Waals surface area contributed by atoms with Crippen molar-refractivity contribution >= 4 is 71.7 Å². The van der Waals surface area contributed by atoms with Crippen LogP contribution in [0.2, 0.25) is 10.0 Å². The van der Waals surface area contributed by atoms with E-state index < -0.39 is 21.8 Å². The summed E-state index contributed by atoms with van der Waals surface area (Å²) in [6.45, 7) is -0.594. The molecule has 0 saturated carbocycles. The van der Waals surface area contributed by atoms with Gasteiger partial charge in [0, 0.05) is 4.47 Å². The second-order valence-corrected chi connectivity index (χ2v) is 8.40. The number of anilines is 1. The molecule has 2 rings (SSSR count). The number of rotatable bonds is 5. The number of hydrogen-bond acceptors (Lipinski definition) is 3. The van der Waals surface area contributed by atoms with E-state index in [1.165, 1.54) is 24.3 Å². The highest BCUT2D eigenvalue weighted by molar-refractivity contribution is 9.10. The van der Waals surface area contributed by atoms with Gasteiger partial charge in [0.05, 0.1) is 20.6 Å². The molecular formula is C14H9BrCl3NO3S. The van der Waals surface area contributed by atoms with E-state index in [2.05, 4.69) is 15.9 Å². The highest BCUT2D eigenvalue weighted by Crippen LogP contribution is 2.36. The first-order chi connectivity index (χ1) is 10.7. The van der Waals surface area contributed by atoms with Crippen molar-refractivity contribution in [2.45, 2.75) is 4.90 Å². The normalized spacial score (nSPS) is 11.3. The zero-order valence-corrected chi connectivity index (χ0v) is 16.0. The molecule has 0 aromatic heterocycles. The lowest BCUT2D eigenvalue weighted by Crippen LogP contribution is -2.35. The molecule has 0 atom stereocenters. The molecule has 9 heteroatoms. The van der Waals surface area contributed by atoms with Gasteiger partial charge in [-0.3, -0.25) is 9.10 Å². The monoisotopic (exact) mass is 455 g/mol. The van der Waals surface area contributed by atoms with E-state index >= 15 is 0 Å². The first-order valence-electron chi connectivity index (χ1n) is 6.14. The molecule has 2 aromatic carbocycles. The SMILES string of the molecule is O=C(Cl)CN(c1c(Cl)cccc1Cl)S(=O)(=O)c1ccc(Br)cc1. The van der Waals surface area contributed by atoms with Gasteiger partial charge in [0.2, 0.25) is 5.24 Å². The molecule has 4 nitrogen and oxygen atoms in total. The maximum absolute atomic E-state index is 12.9. The van der Waals surface area contributed by atoms with Crippen LogP contribution in [-0.2, 0) is 14.8 Å². The molecule has 0 radical (unpaired) electrons. The van der Waals surface area contributed by atoms with Crippen LogP contribution in [0, 0.1) is 0 Å². The molecule has 0 aliphatic rings. The average Bonchev–Trinajstić information content (AvgIpc) is 2.46.